The summed E-state index contributed by atoms with van der Waals surface area (Å²) in [4.78, 5) is 0. The molecule has 0 aromatic carbocycles. The third-order valence-corrected chi connectivity index (χ3v) is 9.56. The second kappa shape index (κ2) is 7.41. The van der Waals surface area contributed by atoms with Gasteiger partial charge in [0.25, 0.3) is 0 Å². The van der Waals surface area contributed by atoms with E-state index < -0.39 is 23.2 Å². The van der Waals surface area contributed by atoms with Gasteiger partial charge in [-0.25, -0.2) is 0 Å². The average molecular weight is 362 g/mol. The van der Waals surface area contributed by atoms with Crippen molar-refractivity contribution < 1.29 is 23.2 Å². The van der Waals surface area contributed by atoms with Gasteiger partial charge in [-0.05, 0) is 0 Å². The van der Waals surface area contributed by atoms with Crippen LogP contribution < -0.4 is 0 Å². The molecule has 2 aliphatic rings. The SMILES string of the molecule is CCC1=[C]([Zr][C]2=C(CC)CC(C)=C2CC)C(CC)=C(C)C1. The summed E-state index contributed by atoms with van der Waals surface area (Å²) in [6.07, 6.45) is 7.55. The summed E-state index contributed by atoms with van der Waals surface area (Å²) in [5.41, 5.74) is 10.4. The molecular weight excluding hydrogens is 331 g/mol. The zero-order valence-corrected chi connectivity index (χ0v) is 17.2. The zero-order chi connectivity index (χ0) is 15.6. The topological polar surface area (TPSA) is 0 Å². The van der Waals surface area contributed by atoms with Crippen molar-refractivity contribution in [2.24, 2.45) is 0 Å². The minimum atomic E-state index is -0.624. The van der Waals surface area contributed by atoms with Crippen LogP contribution in [0.15, 0.2) is 40.0 Å². The standard InChI is InChI=1S/2C10H15.Zr/c2*1-4-9-6-8(3)10(5-2)7-9;/h2*4-6H2,1-3H3;. The Morgan fingerprint density at radius 1 is 0.667 bits per heavy atom. The van der Waals surface area contributed by atoms with E-state index in [9.17, 15) is 0 Å². The van der Waals surface area contributed by atoms with Crippen LogP contribution in [-0.2, 0) is 23.2 Å². The molecule has 1 heteroatoms. The molecule has 0 bridgehead atoms. The fourth-order valence-electron chi connectivity index (χ4n) is 3.90. The van der Waals surface area contributed by atoms with Gasteiger partial charge in [0.2, 0.25) is 0 Å². The first kappa shape index (κ1) is 17.2. The Hall–Kier alpha value is -0.157. The van der Waals surface area contributed by atoms with Gasteiger partial charge in [-0.15, -0.1) is 0 Å². The van der Waals surface area contributed by atoms with E-state index >= 15 is 0 Å². The fourth-order valence-corrected chi connectivity index (χ4v) is 9.34. The van der Waals surface area contributed by atoms with Gasteiger partial charge in [0.05, 0.1) is 0 Å². The number of hydrogen-bond donors (Lipinski definition) is 0. The molecule has 0 N–H and O–H groups in total. The van der Waals surface area contributed by atoms with Crippen LogP contribution >= 0.6 is 0 Å². The van der Waals surface area contributed by atoms with Crippen LogP contribution in [0.25, 0.3) is 0 Å². The summed E-state index contributed by atoms with van der Waals surface area (Å²) in [5.74, 6) is 0. The Morgan fingerprint density at radius 2 is 1.05 bits per heavy atom. The Bertz CT molecular complexity index is 502. The van der Waals surface area contributed by atoms with Crippen LogP contribution in [0.4, 0.5) is 0 Å². The van der Waals surface area contributed by atoms with Crippen LogP contribution in [0.5, 0.6) is 0 Å². The minimum absolute atomic E-state index is 0.624. The van der Waals surface area contributed by atoms with E-state index in [0.29, 0.717) is 0 Å². The summed E-state index contributed by atoms with van der Waals surface area (Å²) in [5, 5.41) is 0. The van der Waals surface area contributed by atoms with Crippen LogP contribution in [0.3, 0.4) is 0 Å². The van der Waals surface area contributed by atoms with E-state index in [4.69, 9.17) is 0 Å². The molecule has 2 aliphatic carbocycles. The molecule has 0 nitrogen and oxygen atoms in total. The number of rotatable bonds is 6. The molecule has 0 fully saturated rings. The van der Waals surface area contributed by atoms with E-state index in [1.54, 1.807) is 33.4 Å². The van der Waals surface area contributed by atoms with Gasteiger partial charge in [0, 0.05) is 0 Å². The summed E-state index contributed by atoms with van der Waals surface area (Å²) < 4.78 is 3.73. The molecule has 0 unspecified atom stereocenters. The summed E-state index contributed by atoms with van der Waals surface area (Å²) >= 11 is -0.624. The predicted octanol–water partition coefficient (Wildman–Crippen LogP) is 6.66. The monoisotopic (exact) mass is 360 g/mol. The third-order valence-electron chi connectivity index (χ3n) is 5.11. The Kier molecular flexibility index (Phi) is 6.07. The normalized spacial score (nSPS) is 19.5. The van der Waals surface area contributed by atoms with E-state index in [2.05, 4.69) is 41.5 Å². The molecule has 21 heavy (non-hydrogen) atoms. The fraction of sp³-hybridized carbons (Fsp3) is 0.600. The van der Waals surface area contributed by atoms with Crippen molar-refractivity contribution in [3.8, 4) is 0 Å². The first-order valence-corrected chi connectivity index (χ1v) is 11.1. The Balaban J connectivity index is 2.39. The quantitative estimate of drug-likeness (QED) is 0.496. The first-order chi connectivity index (χ1) is 10.1. The second-order valence-corrected chi connectivity index (χ2v) is 9.44. The van der Waals surface area contributed by atoms with Gasteiger partial charge in [0.1, 0.15) is 0 Å². The molecule has 0 heterocycles. The van der Waals surface area contributed by atoms with Crippen LogP contribution in [0, 0.1) is 0 Å². The maximum atomic E-state index is 2.37. The molecule has 0 atom stereocenters. The van der Waals surface area contributed by atoms with Crippen molar-refractivity contribution in [2.75, 3.05) is 0 Å². The average Bonchev–Trinajstić information content (AvgIpc) is 2.95. The van der Waals surface area contributed by atoms with Gasteiger partial charge in [-0.2, -0.15) is 0 Å². The summed E-state index contributed by atoms with van der Waals surface area (Å²) in [7, 11) is 0. The van der Waals surface area contributed by atoms with E-state index in [1.165, 1.54) is 38.5 Å². The maximum absolute atomic E-state index is 2.37. The van der Waals surface area contributed by atoms with Crippen molar-refractivity contribution in [3.63, 3.8) is 0 Å². The Morgan fingerprint density at radius 3 is 1.33 bits per heavy atom. The number of allylic oxidation sites excluding steroid dienone is 8. The van der Waals surface area contributed by atoms with Crippen LogP contribution in [-0.4, -0.2) is 0 Å². The molecule has 2 rings (SSSR count). The van der Waals surface area contributed by atoms with E-state index in [1.807, 2.05) is 6.56 Å². The van der Waals surface area contributed by atoms with Crippen molar-refractivity contribution in [2.45, 2.75) is 80.1 Å². The van der Waals surface area contributed by atoms with Gasteiger partial charge in [-0.1, -0.05) is 0 Å². The summed E-state index contributed by atoms with van der Waals surface area (Å²) in [6, 6.07) is 0. The first-order valence-electron chi connectivity index (χ1n) is 8.66. The zero-order valence-electron chi connectivity index (χ0n) is 14.7. The molecule has 0 spiro atoms. The predicted molar refractivity (Wildman–Crippen MR) is 89.9 cm³/mol. The molecule has 114 valence electrons. The van der Waals surface area contributed by atoms with Gasteiger partial charge >= 0.3 is 143 Å². The van der Waals surface area contributed by atoms with E-state index in [0.717, 1.165) is 0 Å². The molecular formula is C20H30Zr. The van der Waals surface area contributed by atoms with Crippen molar-refractivity contribution in [1.82, 2.24) is 0 Å². The molecule has 0 radical (unpaired) electrons. The second-order valence-electron chi connectivity index (χ2n) is 6.37. The Labute approximate surface area is 143 Å². The number of hydrogen-bond acceptors (Lipinski definition) is 0. The molecule has 0 saturated heterocycles. The van der Waals surface area contributed by atoms with Gasteiger partial charge < -0.3 is 0 Å². The summed E-state index contributed by atoms with van der Waals surface area (Å²) in [6.45, 7) is 14.1. The van der Waals surface area contributed by atoms with Crippen LogP contribution in [0.2, 0.25) is 0 Å². The van der Waals surface area contributed by atoms with Gasteiger partial charge in [-0.3, -0.25) is 0 Å². The molecule has 0 aromatic heterocycles. The third kappa shape index (κ3) is 3.29. The molecule has 0 aromatic rings. The molecule has 0 aliphatic heterocycles. The molecule has 0 amide bonds. The van der Waals surface area contributed by atoms with E-state index in [-0.39, 0.29) is 0 Å². The van der Waals surface area contributed by atoms with Crippen molar-refractivity contribution in [3.05, 3.63) is 40.0 Å². The molecule has 0 saturated carbocycles. The van der Waals surface area contributed by atoms with Gasteiger partial charge in [0.15, 0.2) is 0 Å². The van der Waals surface area contributed by atoms with Crippen LogP contribution in [0.1, 0.15) is 80.1 Å². The van der Waals surface area contributed by atoms with Crippen molar-refractivity contribution >= 4 is 0 Å². The van der Waals surface area contributed by atoms with Crippen molar-refractivity contribution in [1.29, 1.82) is 0 Å².